The zero-order valence-corrected chi connectivity index (χ0v) is 20.1. The molecule has 9 heteroatoms. The second kappa shape index (κ2) is 8.97. The summed E-state index contributed by atoms with van der Waals surface area (Å²) in [4.78, 5) is 29.7. The van der Waals surface area contributed by atoms with Crippen LogP contribution in [-0.2, 0) is 6.42 Å². The van der Waals surface area contributed by atoms with Crippen molar-refractivity contribution in [3.63, 3.8) is 0 Å². The van der Waals surface area contributed by atoms with E-state index in [0.717, 1.165) is 47.7 Å². The van der Waals surface area contributed by atoms with E-state index in [-0.39, 0.29) is 10.9 Å². The van der Waals surface area contributed by atoms with Gasteiger partial charge in [-0.1, -0.05) is 17.8 Å². The molecule has 33 heavy (non-hydrogen) atoms. The molecule has 2 aliphatic rings. The number of nitrogens with zero attached hydrogens (tertiary/aromatic N) is 5. The van der Waals surface area contributed by atoms with E-state index >= 15 is 0 Å². The molecule has 2 aromatic rings. The van der Waals surface area contributed by atoms with Crippen molar-refractivity contribution in [2.45, 2.75) is 38.4 Å². The summed E-state index contributed by atoms with van der Waals surface area (Å²) in [5, 5.41) is 17.0. The van der Waals surface area contributed by atoms with Gasteiger partial charge in [0.05, 0.1) is 15.4 Å². The molecule has 0 saturated heterocycles. The van der Waals surface area contributed by atoms with E-state index in [4.69, 9.17) is 4.99 Å². The first-order valence-electron chi connectivity index (χ1n) is 11.0. The van der Waals surface area contributed by atoms with E-state index in [9.17, 15) is 14.9 Å². The zero-order valence-electron chi connectivity index (χ0n) is 19.2. The van der Waals surface area contributed by atoms with Crippen molar-refractivity contribution in [1.29, 1.82) is 0 Å². The lowest BCUT2D eigenvalue weighted by Gasteiger charge is -2.35. The number of nitro groups is 1. The van der Waals surface area contributed by atoms with Crippen LogP contribution in [0.4, 0.5) is 16.2 Å². The molecule has 0 N–H and O–H groups in total. The van der Waals surface area contributed by atoms with E-state index in [0.29, 0.717) is 6.54 Å². The van der Waals surface area contributed by atoms with Gasteiger partial charge in [0.2, 0.25) is 0 Å². The van der Waals surface area contributed by atoms with Crippen molar-refractivity contribution in [2.24, 2.45) is 10.1 Å². The van der Waals surface area contributed by atoms with Gasteiger partial charge in [-0.2, -0.15) is 5.10 Å². The topological polar surface area (TPSA) is 91.4 Å². The van der Waals surface area contributed by atoms with Crippen LogP contribution in [0.25, 0.3) is 0 Å². The fourth-order valence-electron chi connectivity index (χ4n) is 4.23. The lowest BCUT2D eigenvalue weighted by molar-refractivity contribution is -0.384. The minimum absolute atomic E-state index is 0.0589. The van der Waals surface area contributed by atoms with Gasteiger partial charge in [-0.05, 0) is 69.0 Å². The van der Waals surface area contributed by atoms with Crippen LogP contribution >= 0.6 is 11.8 Å². The summed E-state index contributed by atoms with van der Waals surface area (Å²) in [6.07, 6.45) is 1.91. The van der Waals surface area contributed by atoms with Gasteiger partial charge in [0.1, 0.15) is 5.84 Å². The first-order valence-corrected chi connectivity index (χ1v) is 11.8. The Morgan fingerprint density at radius 1 is 1.24 bits per heavy atom. The number of hydrogen-bond donors (Lipinski definition) is 0. The third-order valence-corrected chi connectivity index (χ3v) is 6.94. The summed E-state index contributed by atoms with van der Waals surface area (Å²) >= 11 is 1.28. The monoisotopic (exact) mass is 465 g/mol. The van der Waals surface area contributed by atoms with Crippen molar-refractivity contribution in [2.75, 3.05) is 25.0 Å². The third-order valence-electron chi connectivity index (χ3n) is 5.80. The smallest absolute Gasteiger partial charge is 0.302 e. The van der Waals surface area contributed by atoms with Crippen LogP contribution in [0.1, 0.15) is 43.9 Å². The average molecular weight is 466 g/mol. The highest BCUT2D eigenvalue weighted by Crippen LogP contribution is 2.37. The lowest BCUT2D eigenvalue weighted by atomic mass is 9.93. The Labute approximate surface area is 197 Å². The van der Waals surface area contributed by atoms with Crippen LogP contribution in [0.5, 0.6) is 0 Å². The number of carbonyl (C=O) groups is 1. The van der Waals surface area contributed by atoms with Gasteiger partial charge >= 0.3 is 5.24 Å². The van der Waals surface area contributed by atoms with E-state index in [1.54, 1.807) is 19.2 Å². The third kappa shape index (κ3) is 4.50. The molecule has 172 valence electrons. The Morgan fingerprint density at radius 3 is 2.64 bits per heavy atom. The second-order valence-corrected chi connectivity index (χ2v) is 10.1. The first-order chi connectivity index (χ1) is 15.7. The summed E-state index contributed by atoms with van der Waals surface area (Å²) in [6.45, 7) is 7.46. The van der Waals surface area contributed by atoms with Crippen LogP contribution in [-0.4, -0.2) is 51.6 Å². The predicted molar refractivity (Wildman–Crippen MR) is 134 cm³/mol. The molecule has 0 aromatic heterocycles. The minimum atomic E-state index is -0.417. The molecule has 2 aromatic carbocycles. The van der Waals surface area contributed by atoms with Crippen LogP contribution in [0, 0.1) is 10.1 Å². The van der Waals surface area contributed by atoms with Crippen LogP contribution < -0.4 is 4.90 Å². The predicted octanol–water partition coefficient (Wildman–Crippen LogP) is 5.10. The molecular formula is C24H27N5O3S. The number of amidine groups is 1. The fourth-order valence-corrected chi connectivity index (χ4v) is 5.09. The highest BCUT2D eigenvalue weighted by atomic mass is 32.2. The number of aliphatic imine (C=N–C) groups is 1. The Balaban J connectivity index is 1.72. The lowest BCUT2D eigenvalue weighted by Crippen LogP contribution is -2.40. The molecule has 0 radical (unpaired) electrons. The van der Waals surface area contributed by atoms with Crippen LogP contribution in [0.15, 0.2) is 52.6 Å². The number of anilines is 1. The highest BCUT2D eigenvalue weighted by molar-refractivity contribution is 8.15. The van der Waals surface area contributed by atoms with Gasteiger partial charge in [0, 0.05) is 43.5 Å². The van der Waals surface area contributed by atoms with Crippen molar-refractivity contribution in [3.05, 3.63) is 69.3 Å². The average Bonchev–Trinajstić information content (AvgIpc) is 2.79. The number of benzene rings is 2. The molecule has 8 nitrogen and oxygen atoms in total. The molecular weight excluding hydrogens is 438 g/mol. The summed E-state index contributed by atoms with van der Waals surface area (Å²) in [5.41, 5.74) is 5.10. The Morgan fingerprint density at radius 2 is 1.97 bits per heavy atom. The van der Waals surface area contributed by atoms with Crippen molar-refractivity contribution in [3.8, 4) is 0 Å². The molecule has 0 aliphatic carbocycles. The summed E-state index contributed by atoms with van der Waals surface area (Å²) in [6, 6.07) is 12.9. The van der Waals surface area contributed by atoms with Gasteiger partial charge in [-0.15, -0.1) is 0 Å². The van der Waals surface area contributed by atoms with Crippen LogP contribution in [0.2, 0.25) is 0 Å². The standard InChI is InChI=1S/C24H27N5O3S/c1-5-25-22(16-8-11-19(12-9-16)29(31)32)28-14-6-7-17-15-18(10-13-20(17)28)21-24(2,3)33-23(30)27(4)26-21/h8-13,15H,5-7,14H2,1-4H3/b25-22-. The molecule has 1 amide bonds. The van der Waals surface area contributed by atoms with Crippen LogP contribution in [0.3, 0.4) is 0 Å². The maximum Gasteiger partial charge on any atom is 0.302 e. The number of hydrogen-bond acceptors (Lipinski definition) is 6. The zero-order chi connectivity index (χ0) is 23.8. The molecule has 0 bridgehead atoms. The largest absolute Gasteiger partial charge is 0.326 e. The number of hydrazone groups is 1. The van der Waals surface area contributed by atoms with Gasteiger partial charge in [0.25, 0.3) is 5.69 Å². The maximum atomic E-state index is 12.1. The van der Waals surface area contributed by atoms with Gasteiger partial charge in [0.15, 0.2) is 0 Å². The highest BCUT2D eigenvalue weighted by Gasteiger charge is 2.37. The molecule has 2 aliphatic heterocycles. The molecule has 0 saturated carbocycles. The van der Waals surface area contributed by atoms with E-state index in [1.165, 1.54) is 34.5 Å². The van der Waals surface area contributed by atoms with E-state index < -0.39 is 9.67 Å². The minimum Gasteiger partial charge on any atom is -0.326 e. The SMILES string of the molecule is CC/N=C(/c1ccc([N+](=O)[O-])cc1)N1CCCc2cc(C3=NN(C)C(=O)SC3(C)C)ccc21. The summed E-state index contributed by atoms with van der Waals surface area (Å²) < 4.78 is -0.417. The van der Waals surface area contributed by atoms with E-state index in [2.05, 4.69) is 28.2 Å². The molecule has 2 heterocycles. The van der Waals surface area contributed by atoms with Crippen molar-refractivity contribution < 1.29 is 9.72 Å². The molecule has 4 rings (SSSR count). The van der Waals surface area contributed by atoms with Gasteiger partial charge in [-0.3, -0.25) is 19.9 Å². The van der Waals surface area contributed by atoms with Gasteiger partial charge in [-0.25, -0.2) is 5.01 Å². The Hall–Kier alpha value is -3.20. The fraction of sp³-hybridized carbons (Fsp3) is 0.375. The summed E-state index contributed by atoms with van der Waals surface area (Å²) in [5.74, 6) is 0.817. The normalized spacial score (nSPS) is 18.1. The van der Waals surface area contributed by atoms with Crippen molar-refractivity contribution >= 4 is 39.9 Å². The quantitative estimate of drug-likeness (QED) is 0.271. The number of rotatable bonds is 4. The maximum absolute atomic E-state index is 12.1. The number of amides is 1. The summed E-state index contributed by atoms with van der Waals surface area (Å²) in [7, 11) is 1.68. The number of aryl methyl sites for hydroxylation is 1. The van der Waals surface area contributed by atoms with Gasteiger partial charge < -0.3 is 4.90 Å². The van der Waals surface area contributed by atoms with E-state index in [1.807, 2.05) is 20.8 Å². The molecule has 0 unspecified atom stereocenters. The Kier molecular flexibility index (Phi) is 6.25. The number of thioether (sulfide) groups is 1. The first kappa shape index (κ1) is 23.0. The number of carbonyl (C=O) groups excluding carboxylic acids is 1. The number of non-ortho nitro benzene ring substituents is 1. The molecule has 0 fully saturated rings. The number of nitro benzene ring substituents is 1. The van der Waals surface area contributed by atoms with Crippen molar-refractivity contribution in [1.82, 2.24) is 5.01 Å². The number of fused-ring (bicyclic) bond motifs is 1. The second-order valence-electron chi connectivity index (χ2n) is 8.55. The Bertz CT molecular complexity index is 1160. The molecule has 0 atom stereocenters. The molecule has 0 spiro atoms.